The van der Waals surface area contributed by atoms with Gasteiger partial charge >= 0.3 is 0 Å². The van der Waals surface area contributed by atoms with Gasteiger partial charge in [-0.2, -0.15) is 10.2 Å². The molecule has 1 aromatic heterocycles. The Labute approximate surface area is 107 Å². The molecule has 0 spiro atoms. The first-order valence-corrected chi connectivity index (χ1v) is 6.00. The van der Waals surface area contributed by atoms with E-state index in [1.165, 1.54) is 0 Å². The van der Waals surface area contributed by atoms with Crippen molar-refractivity contribution in [2.24, 2.45) is 5.73 Å². The van der Waals surface area contributed by atoms with Gasteiger partial charge in [-0.1, -0.05) is 6.92 Å². The summed E-state index contributed by atoms with van der Waals surface area (Å²) in [4.78, 5) is 12.0. The minimum absolute atomic E-state index is 0.223. The number of nitrogens with one attached hydrogen (secondary N) is 1. The molecule has 2 unspecified atom stereocenters. The van der Waals surface area contributed by atoms with E-state index in [1.807, 2.05) is 6.92 Å². The van der Waals surface area contributed by atoms with Crippen LogP contribution in [0.1, 0.15) is 35.6 Å². The molecule has 18 heavy (non-hydrogen) atoms. The third kappa shape index (κ3) is 3.75. The van der Waals surface area contributed by atoms with E-state index in [-0.39, 0.29) is 12.5 Å². The van der Waals surface area contributed by atoms with Crippen LogP contribution < -0.4 is 11.1 Å². The average Bonchev–Trinajstić information content (AvgIpc) is 2.35. The van der Waals surface area contributed by atoms with Crippen molar-refractivity contribution in [1.29, 1.82) is 0 Å². The van der Waals surface area contributed by atoms with Crippen molar-refractivity contribution >= 4 is 5.91 Å². The number of rotatable bonds is 5. The van der Waals surface area contributed by atoms with Gasteiger partial charge in [0.2, 0.25) is 0 Å². The molecule has 0 aliphatic rings. The van der Waals surface area contributed by atoms with Crippen LogP contribution in [-0.2, 0) is 6.42 Å². The molecule has 6 nitrogen and oxygen atoms in total. The molecule has 1 amide bonds. The number of aromatic nitrogens is 2. The molecule has 2 atom stereocenters. The number of carbonyl (C=O) groups is 1. The summed E-state index contributed by atoms with van der Waals surface area (Å²) in [6.07, 6.45) is -0.0216. The lowest BCUT2D eigenvalue weighted by Crippen LogP contribution is -2.43. The number of aryl methyl sites for hydroxylation is 2. The highest BCUT2D eigenvalue weighted by atomic mass is 16.3. The number of aliphatic hydroxyl groups is 1. The monoisotopic (exact) mass is 252 g/mol. The summed E-state index contributed by atoms with van der Waals surface area (Å²) in [7, 11) is 0. The largest absolute Gasteiger partial charge is 0.392 e. The molecule has 0 aliphatic carbocycles. The summed E-state index contributed by atoms with van der Waals surface area (Å²) in [6, 6.07) is 1.23. The maximum absolute atomic E-state index is 12.0. The molecule has 1 rings (SSSR count). The van der Waals surface area contributed by atoms with Gasteiger partial charge in [-0.05, 0) is 26.3 Å². The molecule has 0 saturated carbocycles. The zero-order valence-electron chi connectivity index (χ0n) is 11.0. The lowest BCUT2D eigenvalue weighted by Gasteiger charge is -2.15. The fourth-order valence-corrected chi connectivity index (χ4v) is 1.45. The fraction of sp³-hybridized carbons (Fsp3) is 0.583. The van der Waals surface area contributed by atoms with Crippen molar-refractivity contribution < 1.29 is 9.90 Å². The Kier molecular flexibility index (Phi) is 5.18. The molecule has 0 saturated heterocycles. The molecule has 100 valence electrons. The predicted octanol–water partition coefficient (Wildman–Crippen LogP) is -0.215. The maximum atomic E-state index is 12.0. The number of nitrogens with zero attached hydrogens (tertiary/aromatic N) is 2. The van der Waals surface area contributed by atoms with E-state index in [0.29, 0.717) is 23.4 Å². The van der Waals surface area contributed by atoms with E-state index >= 15 is 0 Å². The van der Waals surface area contributed by atoms with Crippen LogP contribution in [0.3, 0.4) is 0 Å². The van der Waals surface area contributed by atoms with Gasteiger partial charge in [0.25, 0.3) is 5.91 Å². The van der Waals surface area contributed by atoms with Gasteiger partial charge in [0.15, 0.2) is 0 Å². The van der Waals surface area contributed by atoms with Crippen molar-refractivity contribution in [1.82, 2.24) is 15.5 Å². The Morgan fingerprint density at radius 3 is 2.78 bits per heavy atom. The first kappa shape index (κ1) is 14.5. The van der Waals surface area contributed by atoms with Crippen LogP contribution in [0.4, 0.5) is 0 Å². The second-order valence-electron chi connectivity index (χ2n) is 4.31. The van der Waals surface area contributed by atoms with Gasteiger partial charge in [0.1, 0.15) is 0 Å². The van der Waals surface area contributed by atoms with E-state index in [2.05, 4.69) is 15.5 Å². The van der Waals surface area contributed by atoms with Crippen LogP contribution in [0.25, 0.3) is 0 Å². The standard InChI is InChI=1S/C12H20N4O2/c1-4-11-9(5-7(2)15-16-11)12(18)14-6-10(13)8(3)17/h5,8,10,17H,4,6,13H2,1-3H3,(H,14,18). The van der Waals surface area contributed by atoms with Gasteiger partial charge in [-0.3, -0.25) is 4.79 Å². The third-order valence-electron chi connectivity index (χ3n) is 2.69. The van der Waals surface area contributed by atoms with Crippen LogP contribution in [0.2, 0.25) is 0 Å². The Morgan fingerprint density at radius 1 is 1.56 bits per heavy atom. The van der Waals surface area contributed by atoms with Gasteiger partial charge in [0, 0.05) is 12.6 Å². The Morgan fingerprint density at radius 2 is 2.22 bits per heavy atom. The summed E-state index contributed by atoms with van der Waals surface area (Å²) in [5, 5.41) is 19.9. The SMILES string of the molecule is CCc1nnc(C)cc1C(=O)NCC(N)C(C)O. The summed E-state index contributed by atoms with van der Waals surface area (Å²) in [6.45, 7) is 5.51. The molecule has 1 aromatic rings. The number of hydrogen-bond donors (Lipinski definition) is 3. The molecule has 0 fully saturated rings. The lowest BCUT2D eigenvalue weighted by molar-refractivity contribution is 0.0936. The molecular formula is C12H20N4O2. The molecule has 0 aliphatic heterocycles. The van der Waals surface area contributed by atoms with E-state index in [1.54, 1.807) is 19.9 Å². The van der Waals surface area contributed by atoms with Crippen molar-refractivity contribution in [2.45, 2.75) is 39.3 Å². The molecular weight excluding hydrogens is 232 g/mol. The lowest BCUT2D eigenvalue weighted by atomic mass is 10.1. The van der Waals surface area contributed by atoms with Crippen LogP contribution >= 0.6 is 0 Å². The highest BCUT2D eigenvalue weighted by molar-refractivity contribution is 5.95. The maximum Gasteiger partial charge on any atom is 0.253 e. The van der Waals surface area contributed by atoms with Gasteiger partial charge in [0.05, 0.1) is 23.1 Å². The van der Waals surface area contributed by atoms with Crippen LogP contribution in [0.5, 0.6) is 0 Å². The highest BCUT2D eigenvalue weighted by Gasteiger charge is 2.15. The Balaban J connectivity index is 2.75. The summed E-state index contributed by atoms with van der Waals surface area (Å²) >= 11 is 0. The number of carbonyl (C=O) groups excluding carboxylic acids is 1. The Hall–Kier alpha value is -1.53. The minimum atomic E-state index is -0.659. The fourth-order valence-electron chi connectivity index (χ4n) is 1.45. The van der Waals surface area contributed by atoms with E-state index in [4.69, 9.17) is 5.73 Å². The first-order chi connectivity index (χ1) is 8.45. The first-order valence-electron chi connectivity index (χ1n) is 6.00. The number of hydrogen-bond acceptors (Lipinski definition) is 5. The van der Waals surface area contributed by atoms with Crippen LogP contribution in [0, 0.1) is 6.92 Å². The predicted molar refractivity (Wildman–Crippen MR) is 68.1 cm³/mol. The normalized spacial score (nSPS) is 14.1. The Bertz CT molecular complexity index is 421. The minimum Gasteiger partial charge on any atom is -0.392 e. The number of nitrogens with two attached hydrogens (primary N) is 1. The third-order valence-corrected chi connectivity index (χ3v) is 2.69. The van der Waals surface area contributed by atoms with Gasteiger partial charge in [-0.25, -0.2) is 0 Å². The van der Waals surface area contributed by atoms with Crippen LogP contribution in [0.15, 0.2) is 6.07 Å². The van der Waals surface area contributed by atoms with Crippen LogP contribution in [-0.4, -0.2) is 39.9 Å². The molecule has 1 heterocycles. The zero-order valence-corrected chi connectivity index (χ0v) is 11.0. The van der Waals surface area contributed by atoms with Gasteiger partial charge in [-0.15, -0.1) is 0 Å². The molecule has 6 heteroatoms. The van der Waals surface area contributed by atoms with Crippen molar-refractivity contribution in [3.63, 3.8) is 0 Å². The topological polar surface area (TPSA) is 101 Å². The van der Waals surface area contributed by atoms with Crippen molar-refractivity contribution in [3.05, 3.63) is 23.0 Å². The quantitative estimate of drug-likeness (QED) is 0.673. The number of amides is 1. The average molecular weight is 252 g/mol. The zero-order chi connectivity index (χ0) is 13.7. The molecule has 0 bridgehead atoms. The van der Waals surface area contributed by atoms with E-state index < -0.39 is 12.1 Å². The van der Waals surface area contributed by atoms with E-state index in [0.717, 1.165) is 0 Å². The second kappa shape index (κ2) is 6.42. The number of aliphatic hydroxyl groups excluding tert-OH is 1. The van der Waals surface area contributed by atoms with E-state index in [9.17, 15) is 9.90 Å². The molecule has 0 radical (unpaired) electrons. The van der Waals surface area contributed by atoms with Crippen molar-refractivity contribution in [3.8, 4) is 0 Å². The summed E-state index contributed by atoms with van der Waals surface area (Å²) in [5.74, 6) is -0.235. The highest BCUT2D eigenvalue weighted by Crippen LogP contribution is 2.07. The molecule has 0 aromatic carbocycles. The molecule has 4 N–H and O–H groups in total. The summed E-state index contributed by atoms with van der Waals surface area (Å²) < 4.78 is 0. The summed E-state index contributed by atoms with van der Waals surface area (Å²) in [5.41, 5.74) is 7.52. The van der Waals surface area contributed by atoms with Crippen molar-refractivity contribution in [2.75, 3.05) is 6.54 Å². The van der Waals surface area contributed by atoms with Gasteiger partial charge < -0.3 is 16.2 Å². The smallest absolute Gasteiger partial charge is 0.253 e. The second-order valence-corrected chi connectivity index (χ2v) is 4.31.